The van der Waals surface area contributed by atoms with E-state index >= 15 is 0 Å². The van der Waals surface area contributed by atoms with Crippen molar-refractivity contribution in [3.8, 4) is 6.07 Å². The summed E-state index contributed by atoms with van der Waals surface area (Å²) in [5, 5.41) is 19.4. The van der Waals surface area contributed by atoms with E-state index in [-0.39, 0.29) is 10.7 Å². The summed E-state index contributed by atoms with van der Waals surface area (Å²) in [6.07, 6.45) is -4.45. The Balaban J connectivity index is 1.57. The van der Waals surface area contributed by atoms with Crippen LogP contribution < -0.4 is 5.32 Å². The topological polar surface area (TPSA) is 78.7 Å². The highest BCUT2D eigenvalue weighted by Crippen LogP contribution is 2.30. The summed E-state index contributed by atoms with van der Waals surface area (Å²) in [6, 6.07) is 13.1. The molecule has 0 bridgehead atoms. The lowest BCUT2D eigenvalue weighted by Crippen LogP contribution is -2.12. The molecule has 0 saturated heterocycles. The minimum atomic E-state index is -4.45. The van der Waals surface area contributed by atoms with Gasteiger partial charge in [-0.2, -0.15) is 18.4 Å². The van der Waals surface area contributed by atoms with E-state index in [9.17, 15) is 18.0 Å². The Morgan fingerprint density at radius 3 is 2.39 bits per heavy atom. The first-order chi connectivity index (χ1) is 13.3. The number of thioether (sulfide) groups is 1. The maximum atomic E-state index is 12.6. The third-order valence-electron chi connectivity index (χ3n) is 3.55. The van der Waals surface area contributed by atoms with E-state index in [1.54, 1.807) is 12.1 Å². The third-order valence-corrected chi connectivity index (χ3v) is 5.59. The molecule has 0 unspecified atom stereocenters. The molecule has 0 aliphatic carbocycles. The van der Waals surface area contributed by atoms with Crippen LogP contribution in [0.25, 0.3) is 0 Å². The van der Waals surface area contributed by atoms with Crippen molar-refractivity contribution in [2.24, 2.45) is 0 Å². The number of hydrogen-bond donors (Lipinski definition) is 1. The molecule has 1 aromatic heterocycles. The number of carbonyl (C=O) groups excluding carboxylic acids is 1. The normalized spacial score (nSPS) is 11.1. The van der Waals surface area contributed by atoms with Crippen LogP contribution in [0.15, 0.2) is 52.9 Å². The highest BCUT2D eigenvalue weighted by atomic mass is 32.2. The van der Waals surface area contributed by atoms with Gasteiger partial charge in [0, 0.05) is 11.3 Å². The number of benzene rings is 2. The van der Waals surface area contributed by atoms with E-state index in [4.69, 9.17) is 5.26 Å². The number of hydrogen-bond acceptors (Lipinski definition) is 6. The molecule has 1 heterocycles. The highest BCUT2D eigenvalue weighted by molar-refractivity contribution is 8.00. The van der Waals surface area contributed by atoms with Crippen molar-refractivity contribution in [3.05, 3.63) is 70.8 Å². The van der Waals surface area contributed by atoms with Crippen molar-refractivity contribution in [1.29, 1.82) is 5.26 Å². The number of rotatable bonds is 5. The molecule has 3 aromatic rings. The summed E-state index contributed by atoms with van der Waals surface area (Å²) in [6.45, 7) is 0. The first kappa shape index (κ1) is 19.9. The average molecular weight is 420 g/mol. The zero-order chi connectivity index (χ0) is 20.1. The number of nitrogens with one attached hydrogen (secondary N) is 1. The van der Waals surface area contributed by atoms with Gasteiger partial charge in [-0.15, -0.1) is 10.2 Å². The van der Waals surface area contributed by atoms with Crippen LogP contribution in [0.3, 0.4) is 0 Å². The maximum Gasteiger partial charge on any atom is 0.416 e. The molecule has 0 aliphatic heterocycles. The lowest BCUT2D eigenvalue weighted by molar-refractivity contribution is -0.137. The average Bonchev–Trinajstić information content (AvgIpc) is 3.13. The Bertz CT molecular complexity index is 1010. The number of nitrogens with zero attached hydrogens (tertiary/aromatic N) is 3. The van der Waals surface area contributed by atoms with E-state index in [0.717, 1.165) is 29.8 Å². The Labute approximate surface area is 166 Å². The standard InChI is InChI=1S/C18H11F3N4OS2/c19-18(20,21)14-7-5-13(6-8-14)15(26)23-16-24-25-17(28-16)27-10-12-3-1-11(9-22)2-4-12/h1-8H,10H2,(H,23,24,26). The van der Waals surface area contributed by atoms with Gasteiger partial charge >= 0.3 is 6.18 Å². The van der Waals surface area contributed by atoms with Crippen LogP contribution in [0.2, 0.25) is 0 Å². The molecule has 0 spiro atoms. The minimum Gasteiger partial charge on any atom is -0.296 e. The van der Waals surface area contributed by atoms with Crippen molar-refractivity contribution in [1.82, 2.24) is 10.2 Å². The Morgan fingerprint density at radius 2 is 1.79 bits per heavy atom. The van der Waals surface area contributed by atoms with Gasteiger partial charge in [0.1, 0.15) is 0 Å². The van der Waals surface area contributed by atoms with Crippen molar-refractivity contribution in [2.75, 3.05) is 5.32 Å². The van der Waals surface area contributed by atoms with E-state index in [0.29, 0.717) is 15.7 Å². The molecule has 2 aromatic carbocycles. The third kappa shape index (κ3) is 5.09. The fourth-order valence-corrected chi connectivity index (χ4v) is 3.82. The number of amides is 1. The molecule has 142 valence electrons. The molecule has 0 radical (unpaired) electrons. The van der Waals surface area contributed by atoms with Crippen LogP contribution in [0, 0.1) is 11.3 Å². The number of carbonyl (C=O) groups is 1. The molecule has 0 atom stereocenters. The predicted octanol–water partition coefficient (Wildman–Crippen LogP) is 4.97. The molecule has 1 amide bonds. The summed E-state index contributed by atoms with van der Waals surface area (Å²) in [5.74, 6) is 0.0567. The van der Waals surface area contributed by atoms with Gasteiger partial charge in [0.2, 0.25) is 5.13 Å². The number of aromatic nitrogens is 2. The second kappa shape index (κ2) is 8.41. The van der Waals surface area contributed by atoms with Gasteiger partial charge in [-0.05, 0) is 42.0 Å². The summed E-state index contributed by atoms with van der Waals surface area (Å²) in [4.78, 5) is 12.1. The second-order valence-corrected chi connectivity index (χ2v) is 7.70. The first-order valence-electron chi connectivity index (χ1n) is 7.79. The molecule has 3 rings (SSSR count). The zero-order valence-electron chi connectivity index (χ0n) is 14.0. The monoisotopic (exact) mass is 420 g/mol. The smallest absolute Gasteiger partial charge is 0.296 e. The highest BCUT2D eigenvalue weighted by Gasteiger charge is 2.30. The molecule has 0 fully saturated rings. The number of anilines is 1. The van der Waals surface area contributed by atoms with Gasteiger partial charge in [-0.25, -0.2) is 0 Å². The van der Waals surface area contributed by atoms with Gasteiger partial charge in [0.25, 0.3) is 5.91 Å². The van der Waals surface area contributed by atoms with Crippen molar-refractivity contribution >= 4 is 34.1 Å². The summed E-state index contributed by atoms with van der Waals surface area (Å²) >= 11 is 2.59. The Hall–Kier alpha value is -2.90. The predicted molar refractivity (Wildman–Crippen MR) is 100 cm³/mol. The summed E-state index contributed by atoms with van der Waals surface area (Å²) < 4.78 is 38.3. The molecule has 28 heavy (non-hydrogen) atoms. The molecular formula is C18H11F3N4OS2. The van der Waals surface area contributed by atoms with Crippen LogP contribution in [-0.2, 0) is 11.9 Å². The van der Waals surface area contributed by atoms with E-state index in [1.165, 1.54) is 23.1 Å². The zero-order valence-corrected chi connectivity index (χ0v) is 15.7. The fourth-order valence-electron chi connectivity index (χ4n) is 2.12. The van der Waals surface area contributed by atoms with Crippen LogP contribution in [0.5, 0.6) is 0 Å². The minimum absolute atomic E-state index is 0.0926. The van der Waals surface area contributed by atoms with Crippen molar-refractivity contribution < 1.29 is 18.0 Å². The molecule has 5 nitrogen and oxygen atoms in total. The van der Waals surface area contributed by atoms with Gasteiger partial charge in [0.15, 0.2) is 4.34 Å². The second-order valence-electron chi connectivity index (χ2n) is 5.50. The van der Waals surface area contributed by atoms with Crippen molar-refractivity contribution in [3.63, 3.8) is 0 Å². The largest absolute Gasteiger partial charge is 0.416 e. The Morgan fingerprint density at radius 1 is 1.11 bits per heavy atom. The molecule has 0 saturated carbocycles. The van der Waals surface area contributed by atoms with Crippen molar-refractivity contribution in [2.45, 2.75) is 16.3 Å². The van der Waals surface area contributed by atoms with Gasteiger partial charge in [-0.1, -0.05) is 35.2 Å². The van der Waals surface area contributed by atoms with Crippen LogP contribution in [0.1, 0.15) is 27.0 Å². The van der Waals surface area contributed by atoms with Gasteiger partial charge in [-0.3, -0.25) is 10.1 Å². The summed E-state index contributed by atoms with van der Waals surface area (Å²) in [5.41, 5.74) is 0.865. The summed E-state index contributed by atoms with van der Waals surface area (Å²) in [7, 11) is 0. The molecule has 10 heteroatoms. The number of halogens is 3. The fraction of sp³-hybridized carbons (Fsp3) is 0.111. The van der Waals surface area contributed by atoms with E-state index < -0.39 is 17.6 Å². The lowest BCUT2D eigenvalue weighted by atomic mass is 10.1. The SMILES string of the molecule is N#Cc1ccc(CSc2nnc(NC(=O)c3ccc(C(F)(F)F)cc3)s2)cc1. The van der Waals surface area contributed by atoms with Gasteiger partial charge in [0.05, 0.1) is 17.2 Å². The quantitative estimate of drug-likeness (QED) is 0.466. The first-order valence-corrected chi connectivity index (χ1v) is 9.59. The number of nitriles is 1. The van der Waals surface area contributed by atoms with Crippen LogP contribution in [0.4, 0.5) is 18.3 Å². The van der Waals surface area contributed by atoms with Gasteiger partial charge < -0.3 is 0 Å². The van der Waals surface area contributed by atoms with E-state index in [2.05, 4.69) is 21.6 Å². The number of alkyl halides is 3. The Kier molecular flexibility index (Phi) is 5.96. The molecular weight excluding hydrogens is 409 g/mol. The maximum absolute atomic E-state index is 12.6. The molecule has 0 aliphatic rings. The lowest BCUT2D eigenvalue weighted by Gasteiger charge is -2.07. The van der Waals surface area contributed by atoms with E-state index in [1.807, 2.05) is 12.1 Å². The van der Waals surface area contributed by atoms with Crippen LogP contribution in [-0.4, -0.2) is 16.1 Å². The molecule has 1 N–H and O–H groups in total. The van der Waals surface area contributed by atoms with Crippen LogP contribution >= 0.6 is 23.1 Å².